The first-order valence-electron chi connectivity index (χ1n) is 9.26. The van der Waals surface area contributed by atoms with Crippen LogP contribution in [-0.2, 0) is 14.9 Å². The van der Waals surface area contributed by atoms with Crippen LogP contribution in [0.1, 0.15) is 56.1 Å². The SMILES string of the molecule is Cc1cccc(C2(CNC(=O)C3(N)CCOCC3)CCCCC2)c1.Cl. The number of nitrogens with one attached hydrogen (secondary N) is 1. The van der Waals surface area contributed by atoms with Crippen LogP contribution in [0, 0.1) is 6.92 Å². The molecule has 0 unspecified atom stereocenters. The van der Waals surface area contributed by atoms with Crippen molar-refractivity contribution < 1.29 is 9.53 Å². The molecule has 4 nitrogen and oxygen atoms in total. The summed E-state index contributed by atoms with van der Waals surface area (Å²) in [6, 6.07) is 8.77. The minimum Gasteiger partial charge on any atom is -0.381 e. The van der Waals surface area contributed by atoms with Gasteiger partial charge in [-0.3, -0.25) is 4.79 Å². The Bertz CT molecular complexity index is 579. The molecule has 25 heavy (non-hydrogen) atoms. The maximum absolute atomic E-state index is 12.7. The highest BCUT2D eigenvalue weighted by Crippen LogP contribution is 2.39. The van der Waals surface area contributed by atoms with E-state index in [9.17, 15) is 4.79 Å². The monoisotopic (exact) mass is 366 g/mol. The second-order valence-corrected chi connectivity index (χ2v) is 7.66. The molecule has 1 aromatic rings. The standard InChI is InChI=1S/C20H30N2O2.ClH/c1-16-6-5-7-17(14-16)19(8-3-2-4-9-19)15-22-18(23)20(21)10-12-24-13-11-20;/h5-7,14H,2-4,8-13,15,21H2,1H3,(H,22,23);1H. The van der Waals surface area contributed by atoms with Crippen molar-refractivity contribution in [2.24, 2.45) is 5.73 Å². The van der Waals surface area contributed by atoms with Gasteiger partial charge in [-0.25, -0.2) is 0 Å². The fraction of sp³-hybridized carbons (Fsp3) is 0.650. The molecule has 1 heterocycles. The van der Waals surface area contributed by atoms with E-state index in [1.165, 1.54) is 30.4 Å². The predicted octanol–water partition coefficient (Wildman–Crippen LogP) is 3.24. The first-order chi connectivity index (χ1) is 11.5. The smallest absolute Gasteiger partial charge is 0.240 e. The number of nitrogens with two attached hydrogens (primary N) is 1. The van der Waals surface area contributed by atoms with Gasteiger partial charge in [0.25, 0.3) is 0 Å². The molecule has 1 saturated carbocycles. The quantitative estimate of drug-likeness (QED) is 0.859. The molecule has 5 heteroatoms. The molecule has 3 rings (SSSR count). The highest BCUT2D eigenvalue weighted by Gasteiger charge is 2.39. The topological polar surface area (TPSA) is 64.4 Å². The summed E-state index contributed by atoms with van der Waals surface area (Å²) in [5.74, 6) is -0.0107. The van der Waals surface area contributed by atoms with Crippen molar-refractivity contribution in [3.05, 3.63) is 35.4 Å². The van der Waals surface area contributed by atoms with Crippen LogP contribution in [0.3, 0.4) is 0 Å². The highest BCUT2D eigenvalue weighted by atomic mass is 35.5. The minimum absolute atomic E-state index is 0. The molecule has 1 aliphatic carbocycles. The van der Waals surface area contributed by atoms with Crippen molar-refractivity contribution in [1.82, 2.24) is 5.32 Å². The van der Waals surface area contributed by atoms with Crippen LogP contribution in [0.2, 0.25) is 0 Å². The van der Waals surface area contributed by atoms with Crippen molar-refractivity contribution in [3.8, 4) is 0 Å². The van der Waals surface area contributed by atoms with E-state index in [2.05, 4.69) is 36.5 Å². The maximum Gasteiger partial charge on any atom is 0.240 e. The number of carbonyl (C=O) groups excluding carboxylic acids is 1. The van der Waals surface area contributed by atoms with Crippen molar-refractivity contribution in [2.75, 3.05) is 19.8 Å². The predicted molar refractivity (Wildman–Crippen MR) is 103 cm³/mol. The van der Waals surface area contributed by atoms with Crippen molar-refractivity contribution in [1.29, 1.82) is 0 Å². The van der Waals surface area contributed by atoms with Gasteiger partial charge in [-0.15, -0.1) is 12.4 Å². The molecule has 2 fully saturated rings. The van der Waals surface area contributed by atoms with Gasteiger partial charge in [-0.2, -0.15) is 0 Å². The summed E-state index contributed by atoms with van der Waals surface area (Å²) in [5.41, 5.74) is 8.27. The average Bonchev–Trinajstić information content (AvgIpc) is 2.61. The molecule has 1 aliphatic heterocycles. The maximum atomic E-state index is 12.7. The van der Waals surface area contributed by atoms with Gasteiger partial charge >= 0.3 is 0 Å². The molecule has 0 bridgehead atoms. The van der Waals surface area contributed by atoms with Gasteiger partial charge in [-0.05, 0) is 38.2 Å². The van der Waals surface area contributed by atoms with Gasteiger partial charge in [0.2, 0.25) is 5.91 Å². The van der Waals surface area contributed by atoms with Gasteiger partial charge in [0, 0.05) is 25.2 Å². The largest absolute Gasteiger partial charge is 0.381 e. The van der Waals surface area contributed by atoms with Crippen LogP contribution in [0.15, 0.2) is 24.3 Å². The zero-order valence-corrected chi connectivity index (χ0v) is 16.0. The number of carbonyl (C=O) groups is 1. The second kappa shape index (κ2) is 8.52. The molecular formula is C20H31ClN2O2. The lowest BCUT2D eigenvalue weighted by Crippen LogP contribution is -2.58. The molecular weight excluding hydrogens is 336 g/mol. The number of halogens is 1. The first kappa shape index (κ1) is 20.2. The number of ether oxygens (including phenoxy) is 1. The number of amides is 1. The van der Waals surface area contributed by atoms with E-state index in [1.807, 2.05) is 0 Å². The number of hydrogen-bond donors (Lipinski definition) is 2. The van der Waals surface area contributed by atoms with Crippen molar-refractivity contribution in [3.63, 3.8) is 0 Å². The molecule has 1 aromatic carbocycles. The lowest BCUT2D eigenvalue weighted by Gasteiger charge is -2.40. The Hall–Kier alpha value is -1.10. The third-order valence-corrected chi connectivity index (χ3v) is 5.87. The molecule has 140 valence electrons. The summed E-state index contributed by atoms with van der Waals surface area (Å²) in [6.07, 6.45) is 7.23. The van der Waals surface area contributed by atoms with Crippen LogP contribution >= 0.6 is 12.4 Å². The van der Waals surface area contributed by atoms with E-state index in [-0.39, 0.29) is 23.7 Å². The molecule has 0 spiro atoms. The summed E-state index contributed by atoms with van der Waals surface area (Å²) >= 11 is 0. The molecule has 0 atom stereocenters. The minimum atomic E-state index is -0.763. The second-order valence-electron chi connectivity index (χ2n) is 7.66. The fourth-order valence-corrected chi connectivity index (χ4v) is 4.16. The third-order valence-electron chi connectivity index (χ3n) is 5.87. The van der Waals surface area contributed by atoms with E-state index in [0.29, 0.717) is 32.6 Å². The lowest BCUT2D eigenvalue weighted by atomic mass is 9.69. The summed E-state index contributed by atoms with van der Waals surface area (Å²) in [6.45, 7) is 3.98. The first-order valence-corrected chi connectivity index (χ1v) is 9.26. The summed E-state index contributed by atoms with van der Waals surface area (Å²) < 4.78 is 5.35. The molecule has 1 amide bonds. The highest BCUT2D eigenvalue weighted by molar-refractivity contribution is 5.86. The summed E-state index contributed by atoms with van der Waals surface area (Å²) in [7, 11) is 0. The Morgan fingerprint density at radius 3 is 2.48 bits per heavy atom. The van der Waals surface area contributed by atoms with E-state index in [4.69, 9.17) is 10.5 Å². The molecule has 2 aliphatic rings. The summed E-state index contributed by atoms with van der Waals surface area (Å²) in [5, 5.41) is 3.20. The zero-order chi connectivity index (χ0) is 17.0. The van der Waals surface area contributed by atoms with Crippen molar-refractivity contribution in [2.45, 2.75) is 62.8 Å². The molecule has 1 saturated heterocycles. The number of benzene rings is 1. The van der Waals surface area contributed by atoms with E-state index >= 15 is 0 Å². The molecule has 3 N–H and O–H groups in total. The number of hydrogen-bond acceptors (Lipinski definition) is 3. The molecule has 0 aromatic heterocycles. The zero-order valence-electron chi connectivity index (χ0n) is 15.2. The lowest BCUT2D eigenvalue weighted by molar-refractivity contribution is -0.130. The fourth-order valence-electron chi connectivity index (χ4n) is 4.16. The van der Waals surface area contributed by atoms with Gasteiger partial charge in [-0.1, -0.05) is 49.1 Å². The van der Waals surface area contributed by atoms with E-state index < -0.39 is 5.54 Å². The van der Waals surface area contributed by atoms with E-state index in [0.717, 1.165) is 12.8 Å². The van der Waals surface area contributed by atoms with Gasteiger partial charge in [0.1, 0.15) is 0 Å². The average molecular weight is 367 g/mol. The van der Waals surface area contributed by atoms with E-state index in [1.54, 1.807) is 0 Å². The summed E-state index contributed by atoms with van der Waals surface area (Å²) in [4.78, 5) is 12.7. The van der Waals surface area contributed by atoms with Crippen LogP contribution < -0.4 is 11.1 Å². The van der Waals surface area contributed by atoms with Crippen LogP contribution in [0.5, 0.6) is 0 Å². The number of rotatable bonds is 4. The van der Waals surface area contributed by atoms with Crippen LogP contribution in [0.4, 0.5) is 0 Å². The Kier molecular flexibility index (Phi) is 6.89. The van der Waals surface area contributed by atoms with Crippen LogP contribution in [0.25, 0.3) is 0 Å². The molecule has 0 radical (unpaired) electrons. The van der Waals surface area contributed by atoms with Crippen molar-refractivity contribution >= 4 is 18.3 Å². The normalized spacial score (nSPS) is 21.8. The van der Waals surface area contributed by atoms with Gasteiger partial charge < -0.3 is 15.8 Å². The Labute approximate surface area is 157 Å². The van der Waals surface area contributed by atoms with Gasteiger partial charge in [0.05, 0.1) is 5.54 Å². The third kappa shape index (κ3) is 4.55. The Morgan fingerprint density at radius 2 is 1.84 bits per heavy atom. The number of aryl methyl sites for hydroxylation is 1. The Balaban J connectivity index is 0.00000225. The Morgan fingerprint density at radius 1 is 1.16 bits per heavy atom. The van der Waals surface area contributed by atoms with Gasteiger partial charge in [0.15, 0.2) is 0 Å². The van der Waals surface area contributed by atoms with Crippen LogP contribution in [-0.4, -0.2) is 31.2 Å².